The van der Waals surface area contributed by atoms with Crippen LogP contribution >= 0.6 is 11.8 Å². The molecule has 236 valence electrons. The van der Waals surface area contributed by atoms with Crippen molar-refractivity contribution in [2.75, 3.05) is 0 Å². The molecule has 0 saturated heterocycles. The molecule has 0 bridgehead atoms. The lowest BCUT2D eigenvalue weighted by molar-refractivity contribution is 0.703. The SMILES string of the molecule is c1ccc(-c2nc(-c3ccccc3)nc(-c3ccc(-c4ccc(C5(c6ccccc6)c6ccccc6Sc6ccccc65)cc4)cc3)n2)cc1. The molecule has 2 heterocycles. The van der Waals surface area contributed by atoms with Gasteiger partial charge in [-0.25, -0.2) is 15.0 Å². The van der Waals surface area contributed by atoms with Gasteiger partial charge in [0.15, 0.2) is 17.5 Å². The van der Waals surface area contributed by atoms with Gasteiger partial charge < -0.3 is 0 Å². The zero-order chi connectivity index (χ0) is 33.3. The van der Waals surface area contributed by atoms with Crippen LogP contribution in [0.25, 0.3) is 45.3 Å². The number of hydrogen-bond acceptors (Lipinski definition) is 4. The van der Waals surface area contributed by atoms with Crippen LogP contribution in [0.5, 0.6) is 0 Å². The molecule has 7 aromatic carbocycles. The fourth-order valence-corrected chi connectivity index (χ4v) is 8.33. The lowest BCUT2D eigenvalue weighted by atomic mass is 9.64. The van der Waals surface area contributed by atoms with E-state index in [1.165, 1.54) is 32.0 Å². The molecule has 0 atom stereocenters. The molecule has 0 radical (unpaired) electrons. The van der Waals surface area contributed by atoms with E-state index in [0.717, 1.165) is 27.8 Å². The molecule has 0 amide bonds. The van der Waals surface area contributed by atoms with Crippen molar-refractivity contribution in [2.45, 2.75) is 15.2 Å². The highest BCUT2D eigenvalue weighted by molar-refractivity contribution is 7.99. The second-order valence-corrected chi connectivity index (χ2v) is 13.5. The molecular formula is C46H31N3S. The molecule has 0 aliphatic carbocycles. The van der Waals surface area contributed by atoms with Gasteiger partial charge in [-0.1, -0.05) is 188 Å². The maximum Gasteiger partial charge on any atom is 0.164 e. The first-order valence-corrected chi connectivity index (χ1v) is 17.6. The molecule has 1 aromatic heterocycles. The Labute approximate surface area is 296 Å². The van der Waals surface area contributed by atoms with E-state index in [1.54, 1.807) is 0 Å². The average Bonchev–Trinajstić information content (AvgIpc) is 3.21. The van der Waals surface area contributed by atoms with Crippen molar-refractivity contribution in [1.29, 1.82) is 0 Å². The number of benzene rings is 7. The maximum absolute atomic E-state index is 4.91. The number of hydrogen-bond donors (Lipinski definition) is 0. The highest BCUT2D eigenvalue weighted by Gasteiger charge is 2.44. The molecule has 8 aromatic rings. The van der Waals surface area contributed by atoms with E-state index >= 15 is 0 Å². The molecule has 1 aliphatic rings. The van der Waals surface area contributed by atoms with Gasteiger partial charge in [-0.3, -0.25) is 0 Å². The first-order chi connectivity index (χ1) is 24.8. The minimum Gasteiger partial charge on any atom is -0.208 e. The van der Waals surface area contributed by atoms with E-state index in [-0.39, 0.29) is 0 Å². The van der Waals surface area contributed by atoms with E-state index in [0.29, 0.717) is 17.5 Å². The van der Waals surface area contributed by atoms with Gasteiger partial charge in [-0.15, -0.1) is 0 Å². The standard InChI is InChI=1S/C46H31N3S/c1-4-14-34(15-5-1)43-47-44(35-16-6-2-7-17-35)49-45(48-43)36-26-24-32(25-27-36)33-28-30-38(31-29-33)46(37-18-8-3-9-19-37)39-20-10-12-22-41(39)50-42-23-13-11-21-40(42)46/h1-31H. The summed E-state index contributed by atoms with van der Waals surface area (Å²) in [6.45, 7) is 0. The fourth-order valence-electron chi connectivity index (χ4n) is 7.13. The molecule has 0 spiro atoms. The van der Waals surface area contributed by atoms with Crippen LogP contribution in [0.2, 0.25) is 0 Å². The molecule has 0 unspecified atom stereocenters. The smallest absolute Gasteiger partial charge is 0.164 e. The Kier molecular flexibility index (Phi) is 7.64. The van der Waals surface area contributed by atoms with Crippen LogP contribution in [0.4, 0.5) is 0 Å². The second-order valence-electron chi connectivity index (χ2n) is 12.4. The maximum atomic E-state index is 4.91. The normalized spacial score (nSPS) is 12.9. The molecule has 50 heavy (non-hydrogen) atoms. The van der Waals surface area contributed by atoms with Crippen LogP contribution in [0, 0.1) is 0 Å². The van der Waals surface area contributed by atoms with Crippen molar-refractivity contribution < 1.29 is 0 Å². The van der Waals surface area contributed by atoms with Crippen molar-refractivity contribution in [3.63, 3.8) is 0 Å². The third-order valence-corrected chi connectivity index (χ3v) is 10.7. The summed E-state index contributed by atoms with van der Waals surface area (Å²) in [5.41, 5.74) is 9.85. The summed E-state index contributed by atoms with van der Waals surface area (Å²) in [5, 5.41) is 0. The van der Waals surface area contributed by atoms with Crippen LogP contribution in [0.15, 0.2) is 198 Å². The number of rotatable bonds is 6. The van der Waals surface area contributed by atoms with E-state index in [9.17, 15) is 0 Å². The molecule has 0 N–H and O–H groups in total. The number of nitrogens with zero attached hydrogens (tertiary/aromatic N) is 3. The van der Waals surface area contributed by atoms with Gasteiger partial charge in [-0.2, -0.15) is 0 Å². The Morgan fingerprint density at radius 3 is 1.12 bits per heavy atom. The molecule has 9 rings (SSSR count). The first kappa shape index (κ1) is 30.0. The highest BCUT2D eigenvalue weighted by atomic mass is 32.2. The Balaban J connectivity index is 1.11. The zero-order valence-electron chi connectivity index (χ0n) is 27.1. The summed E-state index contributed by atoms with van der Waals surface area (Å²) < 4.78 is 0. The number of aromatic nitrogens is 3. The Morgan fingerprint density at radius 2 is 0.640 bits per heavy atom. The Hall–Kier alpha value is -6.10. The highest BCUT2D eigenvalue weighted by Crippen LogP contribution is 2.55. The molecule has 1 aliphatic heterocycles. The molecule has 3 nitrogen and oxygen atoms in total. The third kappa shape index (κ3) is 5.22. The molecular weight excluding hydrogens is 627 g/mol. The van der Waals surface area contributed by atoms with Crippen LogP contribution in [-0.2, 0) is 5.41 Å². The molecule has 0 fully saturated rings. The average molecular weight is 658 g/mol. The van der Waals surface area contributed by atoms with E-state index in [1.807, 2.05) is 72.4 Å². The van der Waals surface area contributed by atoms with E-state index in [2.05, 4.69) is 127 Å². The summed E-state index contributed by atoms with van der Waals surface area (Å²) in [5.74, 6) is 1.97. The van der Waals surface area contributed by atoms with E-state index in [4.69, 9.17) is 15.0 Å². The predicted molar refractivity (Wildman–Crippen MR) is 204 cm³/mol. The minimum atomic E-state index is -0.437. The Morgan fingerprint density at radius 1 is 0.300 bits per heavy atom. The van der Waals surface area contributed by atoms with Gasteiger partial charge in [0, 0.05) is 26.5 Å². The minimum absolute atomic E-state index is 0.437. The molecule has 0 saturated carbocycles. The predicted octanol–water partition coefficient (Wildman–Crippen LogP) is 11.4. The summed E-state index contributed by atoms with van der Waals surface area (Å²) in [6, 6.07) is 66.5. The fraction of sp³-hybridized carbons (Fsp3) is 0.0217. The van der Waals surface area contributed by atoms with Crippen LogP contribution < -0.4 is 0 Å². The van der Waals surface area contributed by atoms with Gasteiger partial charge in [-0.05, 0) is 45.5 Å². The van der Waals surface area contributed by atoms with Gasteiger partial charge >= 0.3 is 0 Å². The largest absolute Gasteiger partial charge is 0.208 e. The lowest BCUT2D eigenvalue weighted by Crippen LogP contribution is -2.34. The quantitative estimate of drug-likeness (QED) is 0.178. The summed E-state index contributed by atoms with van der Waals surface area (Å²) >= 11 is 1.86. The summed E-state index contributed by atoms with van der Waals surface area (Å²) in [4.78, 5) is 17.3. The van der Waals surface area contributed by atoms with Crippen LogP contribution in [0.1, 0.15) is 22.3 Å². The van der Waals surface area contributed by atoms with Crippen molar-refractivity contribution in [3.8, 4) is 45.3 Å². The monoisotopic (exact) mass is 657 g/mol. The first-order valence-electron chi connectivity index (χ1n) is 16.8. The topological polar surface area (TPSA) is 38.7 Å². The van der Waals surface area contributed by atoms with Crippen LogP contribution in [-0.4, -0.2) is 15.0 Å². The van der Waals surface area contributed by atoms with Gasteiger partial charge in [0.2, 0.25) is 0 Å². The molecule has 4 heteroatoms. The van der Waals surface area contributed by atoms with Gasteiger partial charge in [0.1, 0.15) is 0 Å². The third-order valence-electron chi connectivity index (χ3n) is 9.50. The Bertz CT molecular complexity index is 2320. The summed E-state index contributed by atoms with van der Waals surface area (Å²) in [7, 11) is 0. The van der Waals surface area contributed by atoms with Crippen molar-refractivity contribution in [1.82, 2.24) is 15.0 Å². The van der Waals surface area contributed by atoms with Gasteiger partial charge in [0.05, 0.1) is 5.41 Å². The van der Waals surface area contributed by atoms with Crippen molar-refractivity contribution in [3.05, 3.63) is 210 Å². The van der Waals surface area contributed by atoms with Crippen LogP contribution in [0.3, 0.4) is 0 Å². The number of fused-ring (bicyclic) bond motifs is 2. The van der Waals surface area contributed by atoms with Crippen molar-refractivity contribution >= 4 is 11.8 Å². The lowest BCUT2D eigenvalue weighted by Gasteiger charge is -2.41. The zero-order valence-corrected chi connectivity index (χ0v) is 28.0. The van der Waals surface area contributed by atoms with Crippen molar-refractivity contribution in [2.24, 2.45) is 0 Å². The van der Waals surface area contributed by atoms with E-state index < -0.39 is 5.41 Å². The van der Waals surface area contributed by atoms with Gasteiger partial charge in [0.25, 0.3) is 0 Å². The second kappa shape index (κ2) is 12.7. The summed E-state index contributed by atoms with van der Waals surface area (Å²) in [6.07, 6.45) is 0.